The lowest BCUT2D eigenvalue weighted by molar-refractivity contribution is 1.09. The number of benzene rings is 3. The molecule has 180 valence electrons. The molecule has 3 rings (SSSR count). The number of hydrogen-bond donors (Lipinski definition) is 2. The predicted octanol–water partition coefficient (Wildman–Crippen LogP) is 7.53. The molecular weight excluding hydrogens is 402 g/mol. The average Bonchev–Trinajstić information content (AvgIpc) is 2.65. The van der Waals surface area contributed by atoms with Crippen molar-refractivity contribution in [3.63, 3.8) is 0 Å². The van der Waals surface area contributed by atoms with E-state index in [2.05, 4.69) is 109 Å². The van der Waals surface area contributed by atoms with Crippen molar-refractivity contribution in [1.29, 1.82) is 0 Å². The average molecular weight is 448 g/mol. The van der Waals surface area contributed by atoms with E-state index >= 15 is 0 Å². The van der Waals surface area contributed by atoms with Crippen molar-refractivity contribution in [1.82, 2.24) is 0 Å². The minimum atomic E-state index is 0.922. The molecule has 0 spiro atoms. The Morgan fingerprint density at radius 3 is 1.15 bits per heavy atom. The highest BCUT2D eigenvalue weighted by molar-refractivity contribution is 5.59. The van der Waals surface area contributed by atoms with Gasteiger partial charge in [-0.25, -0.2) is 0 Å². The smallest absolute Gasteiger partial charge is 0.0420 e. The topological polar surface area (TPSA) is 41.3 Å². The van der Waals surface area contributed by atoms with Gasteiger partial charge in [-0.3, -0.25) is 0 Å². The van der Waals surface area contributed by atoms with E-state index in [-0.39, 0.29) is 0 Å². The van der Waals surface area contributed by atoms with Crippen LogP contribution in [0.1, 0.15) is 50.1 Å². The lowest BCUT2D eigenvalue weighted by Gasteiger charge is -2.19. The second kappa shape index (κ2) is 12.3. The van der Waals surface area contributed by atoms with Crippen LogP contribution in [0.3, 0.4) is 0 Å². The first-order chi connectivity index (χ1) is 15.3. The van der Waals surface area contributed by atoms with Gasteiger partial charge in [-0.2, -0.15) is 0 Å². The van der Waals surface area contributed by atoms with Gasteiger partial charge in [0, 0.05) is 38.2 Å². The third kappa shape index (κ3) is 8.16. The van der Waals surface area contributed by atoms with Gasteiger partial charge >= 0.3 is 0 Å². The van der Waals surface area contributed by atoms with E-state index in [0.29, 0.717) is 0 Å². The highest BCUT2D eigenvalue weighted by Gasteiger charge is 2.04. The fourth-order valence-corrected chi connectivity index (χ4v) is 4.64. The van der Waals surface area contributed by atoms with Gasteiger partial charge in [-0.05, 0) is 95.7 Å². The van der Waals surface area contributed by atoms with E-state index < -0.39 is 0 Å². The third-order valence-corrected chi connectivity index (χ3v) is 5.75. The molecule has 0 aliphatic carbocycles. The molecule has 0 bridgehead atoms. The molecule has 3 N–H and O–H groups in total. The normalized spacial score (nSPS) is 9.94. The Morgan fingerprint density at radius 2 is 0.848 bits per heavy atom. The van der Waals surface area contributed by atoms with Crippen molar-refractivity contribution in [2.75, 3.05) is 37.1 Å². The van der Waals surface area contributed by atoms with Crippen molar-refractivity contribution in [2.45, 2.75) is 62.3 Å². The highest BCUT2D eigenvalue weighted by Crippen LogP contribution is 2.24. The minimum Gasteiger partial charge on any atom is -0.398 e. The molecule has 0 aliphatic heterocycles. The Labute approximate surface area is 203 Å². The lowest BCUT2D eigenvalue weighted by Crippen LogP contribution is -2.12. The molecule has 3 aromatic carbocycles. The Morgan fingerprint density at radius 1 is 0.545 bits per heavy atom. The molecule has 0 radical (unpaired) electrons. The second-order valence-corrected chi connectivity index (χ2v) is 9.48. The molecule has 3 heteroatoms. The molecule has 3 nitrogen and oxygen atoms in total. The van der Waals surface area contributed by atoms with Crippen LogP contribution >= 0.6 is 0 Å². The Kier molecular flexibility index (Phi) is 10.5. The molecule has 0 atom stereocenters. The molecule has 0 unspecified atom stereocenters. The first-order valence-corrected chi connectivity index (χ1v) is 11.6. The largest absolute Gasteiger partial charge is 0.398 e. The molecule has 0 aliphatic rings. The quantitative estimate of drug-likeness (QED) is 0.399. The SMILES string of the molecule is CNc1c(C)cc(C)cc1C.Cc1cc(C)c(N(C)C)c(C)c1.Cc1cc(C)c(N)c(C)c1. The Hall–Kier alpha value is -2.94. The van der Waals surface area contributed by atoms with E-state index in [0.717, 1.165) is 5.69 Å². The molecule has 3 aromatic rings. The number of nitrogens with two attached hydrogens (primary N) is 1. The number of rotatable bonds is 2. The van der Waals surface area contributed by atoms with Crippen LogP contribution in [0, 0.1) is 62.3 Å². The summed E-state index contributed by atoms with van der Waals surface area (Å²) < 4.78 is 0. The summed E-state index contributed by atoms with van der Waals surface area (Å²) in [6, 6.07) is 13.0. The lowest BCUT2D eigenvalue weighted by atomic mass is 10.0. The van der Waals surface area contributed by atoms with Gasteiger partial charge in [0.25, 0.3) is 0 Å². The maximum absolute atomic E-state index is 5.75. The molecule has 0 amide bonds. The van der Waals surface area contributed by atoms with Crippen LogP contribution in [0.15, 0.2) is 36.4 Å². The maximum Gasteiger partial charge on any atom is 0.0420 e. The first-order valence-electron chi connectivity index (χ1n) is 11.6. The van der Waals surface area contributed by atoms with E-state index in [1.165, 1.54) is 61.4 Å². The van der Waals surface area contributed by atoms with Crippen LogP contribution in [-0.4, -0.2) is 21.1 Å². The number of anilines is 3. The van der Waals surface area contributed by atoms with E-state index in [9.17, 15) is 0 Å². The minimum absolute atomic E-state index is 0.922. The monoisotopic (exact) mass is 447 g/mol. The van der Waals surface area contributed by atoms with E-state index in [4.69, 9.17) is 5.73 Å². The number of nitrogens with one attached hydrogen (secondary N) is 1. The van der Waals surface area contributed by atoms with Gasteiger partial charge in [0.15, 0.2) is 0 Å². The molecule has 0 saturated carbocycles. The fraction of sp³-hybridized carbons (Fsp3) is 0.400. The summed E-state index contributed by atoms with van der Waals surface area (Å²) in [6.45, 7) is 19.0. The van der Waals surface area contributed by atoms with Crippen LogP contribution in [-0.2, 0) is 0 Å². The summed E-state index contributed by atoms with van der Waals surface area (Å²) in [7, 11) is 6.14. The van der Waals surface area contributed by atoms with E-state index in [1.807, 2.05) is 20.9 Å². The third-order valence-electron chi connectivity index (χ3n) is 5.75. The molecule has 0 fully saturated rings. The van der Waals surface area contributed by atoms with Gasteiger partial charge in [0.05, 0.1) is 0 Å². The van der Waals surface area contributed by atoms with Crippen molar-refractivity contribution < 1.29 is 0 Å². The van der Waals surface area contributed by atoms with Crippen LogP contribution in [0.5, 0.6) is 0 Å². The Balaban J connectivity index is 0.000000249. The van der Waals surface area contributed by atoms with E-state index in [1.54, 1.807) is 0 Å². The van der Waals surface area contributed by atoms with Crippen molar-refractivity contribution in [3.05, 3.63) is 86.5 Å². The van der Waals surface area contributed by atoms with Crippen molar-refractivity contribution in [2.24, 2.45) is 0 Å². The second-order valence-electron chi connectivity index (χ2n) is 9.48. The number of nitrogens with zero attached hydrogens (tertiary/aromatic N) is 1. The van der Waals surface area contributed by atoms with Crippen molar-refractivity contribution >= 4 is 17.1 Å². The summed E-state index contributed by atoms with van der Waals surface area (Å²) in [5, 5.41) is 3.19. The zero-order chi connectivity index (χ0) is 25.5. The van der Waals surface area contributed by atoms with Crippen LogP contribution < -0.4 is 16.0 Å². The Bertz CT molecular complexity index is 1010. The summed E-state index contributed by atoms with van der Waals surface area (Å²) in [6.07, 6.45) is 0. The number of hydrogen-bond acceptors (Lipinski definition) is 3. The molecule has 0 saturated heterocycles. The molecular formula is C30H45N3. The highest BCUT2D eigenvalue weighted by atomic mass is 15.1. The summed E-state index contributed by atoms with van der Waals surface area (Å²) in [5.41, 5.74) is 21.0. The molecule has 0 aromatic heterocycles. The predicted molar refractivity (Wildman–Crippen MR) is 150 cm³/mol. The van der Waals surface area contributed by atoms with Gasteiger partial charge < -0.3 is 16.0 Å². The standard InChI is InChI=1S/C11H17N.C10H15N.C9H13N/c1-8-6-9(2)11(12(4)5)10(3)7-8;1-7-5-8(2)10(11-4)9(3)6-7;1-6-4-7(2)9(10)8(3)5-6/h6-7H,1-5H3;5-6,11H,1-4H3;4-5H,10H2,1-3H3. The van der Waals surface area contributed by atoms with Gasteiger partial charge in [0.1, 0.15) is 0 Å². The van der Waals surface area contributed by atoms with Gasteiger partial charge in [-0.15, -0.1) is 0 Å². The van der Waals surface area contributed by atoms with Gasteiger partial charge in [-0.1, -0.05) is 53.1 Å². The van der Waals surface area contributed by atoms with Crippen LogP contribution in [0.2, 0.25) is 0 Å². The summed E-state index contributed by atoms with van der Waals surface area (Å²) >= 11 is 0. The summed E-state index contributed by atoms with van der Waals surface area (Å²) in [4.78, 5) is 2.17. The zero-order valence-electron chi connectivity index (χ0n) is 23.0. The molecule has 33 heavy (non-hydrogen) atoms. The first kappa shape index (κ1) is 28.1. The summed E-state index contributed by atoms with van der Waals surface area (Å²) in [5.74, 6) is 0. The zero-order valence-corrected chi connectivity index (χ0v) is 23.0. The number of nitrogen functional groups attached to an aromatic ring is 1. The fourth-order valence-electron chi connectivity index (χ4n) is 4.64. The van der Waals surface area contributed by atoms with Crippen LogP contribution in [0.25, 0.3) is 0 Å². The van der Waals surface area contributed by atoms with Crippen LogP contribution in [0.4, 0.5) is 17.1 Å². The van der Waals surface area contributed by atoms with Crippen molar-refractivity contribution in [3.8, 4) is 0 Å². The number of aryl methyl sites for hydroxylation is 9. The van der Waals surface area contributed by atoms with Gasteiger partial charge in [0.2, 0.25) is 0 Å². The maximum atomic E-state index is 5.75. The molecule has 0 heterocycles.